The summed E-state index contributed by atoms with van der Waals surface area (Å²) in [7, 11) is 0. The van der Waals surface area contributed by atoms with E-state index in [9.17, 15) is 9.90 Å². The average molecular weight is 238 g/mol. The van der Waals surface area contributed by atoms with Crippen LogP contribution in [-0.4, -0.2) is 5.97 Å². The third kappa shape index (κ3) is 2.71. The van der Waals surface area contributed by atoms with E-state index in [4.69, 9.17) is 1.37 Å². The van der Waals surface area contributed by atoms with Crippen LogP contribution in [0.25, 0.3) is 10.8 Å². The Kier molecular flexibility index (Phi) is 4.21. The molecule has 3 heteroatoms. The maximum absolute atomic E-state index is 11.3. The van der Waals surface area contributed by atoms with E-state index in [1.54, 1.807) is 18.2 Å². The molecule has 0 heterocycles. The fraction of sp³-hybridized carbons (Fsp3) is 0.214. The fourth-order valence-corrected chi connectivity index (χ4v) is 1.90. The van der Waals surface area contributed by atoms with Crippen molar-refractivity contribution in [3.8, 4) is 0 Å². The number of rotatable bonds is 2. The maximum atomic E-state index is 11.3. The number of fused-ring (bicyclic) bond motifs is 1. The number of benzene rings is 2. The zero-order valence-electron chi connectivity index (χ0n) is 11.3. The van der Waals surface area contributed by atoms with Gasteiger partial charge in [-0.3, -0.25) is 0 Å². The first-order chi connectivity index (χ1) is 8.02. The molecule has 17 heavy (non-hydrogen) atoms. The Hall–Kier alpha value is -0.830. The molecule has 0 spiro atoms. The zero-order valence-corrected chi connectivity index (χ0v) is 12.3. The Bertz CT molecular complexity index is 594. The van der Waals surface area contributed by atoms with Crippen LogP contribution in [-0.2, 0) is 0 Å². The second kappa shape index (κ2) is 5.67. The van der Waals surface area contributed by atoms with Crippen LogP contribution in [0.15, 0.2) is 36.4 Å². The second-order valence-corrected chi connectivity index (χ2v) is 4.11. The van der Waals surface area contributed by atoms with E-state index in [2.05, 4.69) is 0 Å². The van der Waals surface area contributed by atoms with Crippen molar-refractivity contribution in [2.45, 2.75) is 19.8 Å². The molecule has 0 unspecified atom stereocenters. The first kappa shape index (κ1) is 12.6. The van der Waals surface area contributed by atoms with Crippen molar-refractivity contribution in [3.05, 3.63) is 47.5 Å². The van der Waals surface area contributed by atoms with E-state index in [1.165, 1.54) is 0 Å². The van der Waals surface area contributed by atoms with Crippen LogP contribution in [0.2, 0.25) is 0 Å². The number of carbonyl (C=O) groups is 1. The van der Waals surface area contributed by atoms with Gasteiger partial charge in [0.05, 0.1) is 7.34 Å². The Labute approximate surface area is 124 Å². The van der Waals surface area contributed by atoms with Gasteiger partial charge in [0.15, 0.2) is 0 Å². The Morgan fingerprint density at radius 2 is 1.94 bits per heavy atom. The number of hydrogen-bond acceptors (Lipinski definition) is 2. The first-order valence-electron chi connectivity index (χ1n) is 5.76. The van der Waals surface area contributed by atoms with Crippen molar-refractivity contribution in [3.63, 3.8) is 0 Å². The summed E-state index contributed by atoms with van der Waals surface area (Å²) in [5, 5.41) is 12.7. The van der Waals surface area contributed by atoms with Gasteiger partial charge in [-0.05, 0) is 22.3 Å². The summed E-state index contributed by atoms with van der Waals surface area (Å²) in [6.07, 6.45) is 0. The summed E-state index contributed by atoms with van der Waals surface area (Å²) in [6, 6.07) is 9.16. The van der Waals surface area contributed by atoms with Gasteiger partial charge in [0.2, 0.25) is 0 Å². The number of carboxylic acid groups (broad SMARTS) is 1. The third-order valence-electron chi connectivity index (χ3n) is 2.66. The van der Waals surface area contributed by atoms with Crippen LogP contribution < -0.4 is 34.7 Å². The van der Waals surface area contributed by atoms with Gasteiger partial charge < -0.3 is 9.90 Å². The molecule has 0 fully saturated rings. The van der Waals surface area contributed by atoms with Crippen molar-refractivity contribution < 1.29 is 40.8 Å². The molecule has 0 aliphatic rings. The van der Waals surface area contributed by atoms with Crippen molar-refractivity contribution in [2.75, 3.05) is 0 Å². The number of aromatic carboxylic acids is 1. The monoisotopic (exact) mass is 238 g/mol. The summed E-state index contributed by atoms with van der Waals surface area (Å²) in [4.78, 5) is 11.3. The van der Waals surface area contributed by atoms with Gasteiger partial charge >= 0.3 is 29.6 Å². The topological polar surface area (TPSA) is 40.1 Å². The molecule has 0 saturated carbocycles. The van der Waals surface area contributed by atoms with Crippen LogP contribution in [0, 0.1) is 0 Å². The standard InChI is InChI=1S/C14H14O2.Na/c1-9(2)11-8-7-10-5-3-4-6-12(10)13(11)14(15)16;/h3-9H,1-2H3,(H,15,16);/q;+1/p-1/i8T;. The van der Waals surface area contributed by atoms with Crippen LogP contribution in [0.3, 0.4) is 0 Å². The van der Waals surface area contributed by atoms with Gasteiger partial charge in [-0.1, -0.05) is 50.2 Å². The summed E-state index contributed by atoms with van der Waals surface area (Å²) < 4.78 is 7.93. The summed E-state index contributed by atoms with van der Waals surface area (Å²) >= 11 is 0. The van der Waals surface area contributed by atoms with E-state index in [1.807, 2.05) is 26.0 Å². The minimum atomic E-state index is -1.21. The molecule has 0 saturated heterocycles. The Balaban J connectivity index is 0.00000162. The summed E-state index contributed by atoms with van der Waals surface area (Å²) in [6.45, 7) is 3.77. The van der Waals surface area contributed by atoms with Crippen molar-refractivity contribution in [2.24, 2.45) is 0 Å². The van der Waals surface area contributed by atoms with E-state index in [-0.39, 0.29) is 47.1 Å². The molecule has 0 aromatic heterocycles. The maximum Gasteiger partial charge on any atom is 1.00 e. The summed E-state index contributed by atoms with van der Waals surface area (Å²) in [5.74, 6) is -1.22. The van der Waals surface area contributed by atoms with E-state index < -0.39 is 5.97 Å². The minimum absolute atomic E-state index is 0. The number of carbonyl (C=O) groups excluding carboxylic acids is 1. The van der Waals surface area contributed by atoms with Gasteiger partial charge in [-0.25, -0.2) is 0 Å². The number of hydrogen-bond donors (Lipinski definition) is 0. The predicted octanol–water partition coefficient (Wildman–Crippen LogP) is -0.669. The quantitative estimate of drug-likeness (QED) is 0.651. The first-order valence-corrected chi connectivity index (χ1v) is 5.26. The molecule has 0 atom stereocenters. The molecule has 82 valence electrons. The Morgan fingerprint density at radius 3 is 2.53 bits per heavy atom. The average Bonchev–Trinajstić information content (AvgIpc) is 2.26. The number of carboxylic acids is 1. The zero-order chi connectivity index (χ0) is 12.6. The van der Waals surface area contributed by atoms with Crippen molar-refractivity contribution in [1.29, 1.82) is 0 Å². The van der Waals surface area contributed by atoms with E-state index in [0.717, 1.165) is 5.39 Å². The van der Waals surface area contributed by atoms with Gasteiger partial charge in [0.25, 0.3) is 0 Å². The molecule has 0 amide bonds. The second-order valence-electron chi connectivity index (χ2n) is 4.11. The molecule has 2 aromatic carbocycles. The third-order valence-corrected chi connectivity index (χ3v) is 2.66. The normalized spacial score (nSPS) is 11.1. The fourth-order valence-electron chi connectivity index (χ4n) is 1.90. The van der Waals surface area contributed by atoms with Crippen molar-refractivity contribution >= 4 is 16.7 Å². The molecular formula is C14H13NaO2. The van der Waals surface area contributed by atoms with Gasteiger partial charge in [0.1, 0.15) is 0 Å². The largest absolute Gasteiger partial charge is 1.00 e. The molecule has 0 aliphatic heterocycles. The van der Waals surface area contributed by atoms with Crippen LogP contribution in [0.4, 0.5) is 0 Å². The molecule has 0 radical (unpaired) electrons. The molecule has 2 rings (SSSR count). The Morgan fingerprint density at radius 1 is 1.29 bits per heavy atom. The van der Waals surface area contributed by atoms with Gasteiger partial charge in [-0.2, -0.15) is 0 Å². The summed E-state index contributed by atoms with van der Waals surface area (Å²) in [5.41, 5.74) is 0.701. The van der Waals surface area contributed by atoms with Crippen LogP contribution in [0.5, 0.6) is 0 Å². The van der Waals surface area contributed by atoms with Crippen LogP contribution in [0.1, 0.15) is 37.1 Å². The van der Waals surface area contributed by atoms with Gasteiger partial charge in [0, 0.05) is 5.56 Å². The van der Waals surface area contributed by atoms with Gasteiger partial charge in [-0.15, -0.1) is 0 Å². The van der Waals surface area contributed by atoms with Crippen LogP contribution >= 0.6 is 0 Å². The SMILES string of the molecule is [3H]c1cc2ccccc2c(C(=O)[O-])c1C(C)C.[Na+]. The molecule has 0 aliphatic carbocycles. The molecule has 0 bridgehead atoms. The predicted molar refractivity (Wildman–Crippen MR) is 62.4 cm³/mol. The smallest absolute Gasteiger partial charge is 0.545 e. The molecule has 2 aromatic rings. The van der Waals surface area contributed by atoms with E-state index >= 15 is 0 Å². The molecule has 2 nitrogen and oxygen atoms in total. The van der Waals surface area contributed by atoms with Crippen molar-refractivity contribution in [1.82, 2.24) is 0 Å². The minimum Gasteiger partial charge on any atom is -0.545 e. The molecule has 0 N–H and O–H groups in total. The molecular weight excluding hydrogens is 223 g/mol. The van der Waals surface area contributed by atoms with E-state index in [0.29, 0.717) is 10.9 Å².